The molecule has 4 heteroatoms. The van der Waals surface area contributed by atoms with Crippen LogP contribution in [0, 0.1) is 0 Å². The van der Waals surface area contributed by atoms with Crippen LogP contribution in [0.4, 0.5) is 0 Å². The van der Waals surface area contributed by atoms with Crippen LogP contribution >= 0.6 is 0 Å². The van der Waals surface area contributed by atoms with Gasteiger partial charge in [0.05, 0.1) is 16.7 Å². The van der Waals surface area contributed by atoms with Gasteiger partial charge in [-0.05, 0) is 57.1 Å². The van der Waals surface area contributed by atoms with Crippen molar-refractivity contribution in [2.45, 2.75) is 52.4 Å². The van der Waals surface area contributed by atoms with Gasteiger partial charge in [0.25, 0.3) is 6.71 Å². The first kappa shape index (κ1) is 25.3. The minimum atomic E-state index is 0.0177. The molecule has 3 nitrogen and oxygen atoms in total. The summed E-state index contributed by atoms with van der Waals surface area (Å²) in [5, 5.41) is 2.47. The van der Waals surface area contributed by atoms with Crippen LogP contribution in [0.2, 0.25) is 0 Å². The van der Waals surface area contributed by atoms with Gasteiger partial charge in [-0.2, -0.15) is 0 Å². The SMILES string of the molecule is CC(C)(C)c1ccc2c(c1)Oc1cc(-n3c4ccccc4c4ccccc43)cc3c1B2c1ccc(C(C)(C)C)cc1O3. The molecule has 3 heterocycles. The van der Waals surface area contributed by atoms with Crippen molar-refractivity contribution in [1.82, 2.24) is 4.57 Å². The molecule has 0 fully saturated rings. The molecule has 206 valence electrons. The van der Waals surface area contributed by atoms with Gasteiger partial charge in [-0.1, -0.05) is 102 Å². The van der Waals surface area contributed by atoms with Gasteiger partial charge >= 0.3 is 0 Å². The number of benzene rings is 5. The molecule has 0 saturated heterocycles. The molecule has 2 aliphatic heterocycles. The van der Waals surface area contributed by atoms with Crippen LogP contribution in [-0.4, -0.2) is 11.3 Å². The number of ether oxygens (including phenoxy) is 2. The zero-order valence-electron chi connectivity index (χ0n) is 25.1. The Morgan fingerprint density at radius 3 is 1.43 bits per heavy atom. The first-order valence-electron chi connectivity index (χ1n) is 14.9. The molecule has 8 rings (SSSR count). The van der Waals surface area contributed by atoms with E-state index in [4.69, 9.17) is 9.47 Å². The van der Waals surface area contributed by atoms with Crippen molar-refractivity contribution in [2.75, 3.05) is 0 Å². The minimum Gasteiger partial charge on any atom is -0.458 e. The predicted molar refractivity (Wildman–Crippen MR) is 176 cm³/mol. The van der Waals surface area contributed by atoms with Gasteiger partial charge in [0, 0.05) is 28.4 Å². The summed E-state index contributed by atoms with van der Waals surface area (Å²) in [7, 11) is 0. The molecule has 6 aromatic rings. The molecule has 42 heavy (non-hydrogen) atoms. The van der Waals surface area contributed by atoms with E-state index in [0.29, 0.717) is 0 Å². The lowest BCUT2D eigenvalue weighted by molar-refractivity contribution is 0.461. The minimum absolute atomic E-state index is 0.0177. The van der Waals surface area contributed by atoms with Crippen molar-refractivity contribution in [2.24, 2.45) is 0 Å². The molecule has 0 atom stereocenters. The quantitative estimate of drug-likeness (QED) is 0.194. The molecule has 0 N–H and O–H groups in total. The summed E-state index contributed by atoms with van der Waals surface area (Å²) in [4.78, 5) is 0. The number of rotatable bonds is 1. The van der Waals surface area contributed by atoms with Gasteiger partial charge in [0.2, 0.25) is 0 Å². The van der Waals surface area contributed by atoms with E-state index < -0.39 is 0 Å². The van der Waals surface area contributed by atoms with Crippen molar-refractivity contribution in [3.63, 3.8) is 0 Å². The van der Waals surface area contributed by atoms with Gasteiger partial charge in [0.1, 0.15) is 23.0 Å². The maximum atomic E-state index is 6.82. The number of para-hydroxylation sites is 2. The van der Waals surface area contributed by atoms with E-state index in [9.17, 15) is 0 Å². The third-order valence-electron chi connectivity index (χ3n) is 9.04. The standard InChI is InChI=1S/C38H34BNO2/c1-37(2,3)23-15-17-28-32(19-23)41-34-21-25(40-30-13-9-7-11-26(30)27-12-8-10-14-31(27)40)22-35-36(34)39(28)29-18-16-24(38(4,5)6)20-33(29)42-35/h7-22H,1-6H3. The zero-order valence-corrected chi connectivity index (χ0v) is 25.1. The van der Waals surface area contributed by atoms with E-state index >= 15 is 0 Å². The topological polar surface area (TPSA) is 23.4 Å². The van der Waals surface area contributed by atoms with Crippen molar-refractivity contribution >= 4 is 44.9 Å². The van der Waals surface area contributed by atoms with Crippen molar-refractivity contribution in [3.05, 3.63) is 108 Å². The van der Waals surface area contributed by atoms with E-state index in [1.807, 2.05) is 0 Å². The molecule has 0 bridgehead atoms. The first-order chi connectivity index (χ1) is 20.1. The summed E-state index contributed by atoms with van der Waals surface area (Å²) >= 11 is 0. The average molecular weight is 548 g/mol. The van der Waals surface area contributed by atoms with Crippen LogP contribution in [-0.2, 0) is 10.8 Å². The normalized spacial score (nSPS) is 13.8. The van der Waals surface area contributed by atoms with Crippen LogP contribution in [0.3, 0.4) is 0 Å². The third kappa shape index (κ3) is 3.67. The largest absolute Gasteiger partial charge is 0.458 e. The second kappa shape index (κ2) is 8.55. The highest BCUT2D eigenvalue weighted by Gasteiger charge is 2.41. The summed E-state index contributed by atoms with van der Waals surface area (Å²) in [5.74, 6) is 3.58. The van der Waals surface area contributed by atoms with Crippen molar-refractivity contribution < 1.29 is 9.47 Å². The number of fused-ring (bicyclic) bond motifs is 7. The Morgan fingerprint density at radius 2 is 0.976 bits per heavy atom. The number of nitrogens with zero attached hydrogens (tertiary/aromatic N) is 1. The van der Waals surface area contributed by atoms with Crippen LogP contribution in [0.15, 0.2) is 97.1 Å². The lowest BCUT2D eigenvalue weighted by atomic mass is 9.34. The molecule has 0 saturated carbocycles. The average Bonchev–Trinajstić information content (AvgIpc) is 3.29. The lowest BCUT2D eigenvalue weighted by Gasteiger charge is -2.35. The maximum Gasteiger partial charge on any atom is 0.260 e. The van der Waals surface area contributed by atoms with Crippen molar-refractivity contribution in [3.8, 4) is 28.7 Å². The summed E-state index contributed by atoms with van der Waals surface area (Å²) in [6, 6.07) is 35.2. The number of hydrogen-bond acceptors (Lipinski definition) is 2. The van der Waals surface area contributed by atoms with E-state index in [0.717, 1.165) is 34.1 Å². The summed E-state index contributed by atoms with van der Waals surface area (Å²) in [5.41, 5.74) is 9.41. The Kier molecular flexibility index (Phi) is 5.15. The molecule has 0 aliphatic carbocycles. The molecule has 1 aromatic heterocycles. The van der Waals surface area contributed by atoms with E-state index in [1.54, 1.807) is 0 Å². The zero-order chi connectivity index (χ0) is 29.0. The highest BCUT2D eigenvalue weighted by atomic mass is 16.5. The molecule has 0 spiro atoms. The summed E-state index contributed by atoms with van der Waals surface area (Å²) in [6.45, 7) is 13.5. The predicted octanol–water partition coefficient (Wildman–Crippen LogP) is 8.11. The molecule has 0 unspecified atom stereocenters. The Morgan fingerprint density at radius 1 is 0.524 bits per heavy atom. The van der Waals surface area contributed by atoms with Gasteiger partial charge in [-0.25, -0.2) is 0 Å². The smallest absolute Gasteiger partial charge is 0.260 e. The monoisotopic (exact) mass is 547 g/mol. The Labute approximate surface area is 247 Å². The highest BCUT2D eigenvalue weighted by molar-refractivity contribution is 6.98. The van der Waals surface area contributed by atoms with Crippen LogP contribution < -0.4 is 25.9 Å². The van der Waals surface area contributed by atoms with Gasteiger partial charge in [-0.15, -0.1) is 0 Å². The van der Waals surface area contributed by atoms with E-state index in [2.05, 4.69) is 143 Å². The second-order valence-corrected chi connectivity index (χ2v) is 13.9. The molecule has 0 amide bonds. The highest BCUT2D eigenvalue weighted by Crippen LogP contribution is 2.41. The second-order valence-electron chi connectivity index (χ2n) is 13.9. The van der Waals surface area contributed by atoms with Gasteiger partial charge in [-0.3, -0.25) is 0 Å². The summed E-state index contributed by atoms with van der Waals surface area (Å²) < 4.78 is 16.0. The fourth-order valence-corrected chi connectivity index (χ4v) is 6.74. The van der Waals surface area contributed by atoms with Gasteiger partial charge in [0.15, 0.2) is 0 Å². The van der Waals surface area contributed by atoms with E-state index in [-0.39, 0.29) is 17.5 Å². The third-order valence-corrected chi connectivity index (χ3v) is 9.04. The Hall–Kier alpha value is -4.44. The van der Waals surface area contributed by atoms with Crippen LogP contribution in [0.1, 0.15) is 52.7 Å². The van der Waals surface area contributed by atoms with Gasteiger partial charge < -0.3 is 14.0 Å². The van der Waals surface area contributed by atoms with Crippen molar-refractivity contribution in [1.29, 1.82) is 0 Å². The maximum absolute atomic E-state index is 6.82. The Balaban J connectivity index is 1.41. The molecular formula is C38H34BNO2. The van der Waals surface area contributed by atoms with Crippen LogP contribution in [0.5, 0.6) is 23.0 Å². The lowest BCUT2D eigenvalue weighted by Crippen LogP contribution is -2.57. The van der Waals surface area contributed by atoms with E-state index in [1.165, 1.54) is 43.9 Å². The summed E-state index contributed by atoms with van der Waals surface area (Å²) in [6.07, 6.45) is 0. The first-order valence-corrected chi connectivity index (χ1v) is 14.9. The Bertz CT molecular complexity index is 1930. The fraction of sp³-hybridized carbons (Fsp3) is 0.211. The number of hydrogen-bond donors (Lipinski definition) is 0. The fourth-order valence-electron chi connectivity index (χ4n) is 6.74. The molecular weight excluding hydrogens is 513 g/mol. The molecule has 2 aliphatic rings. The number of aromatic nitrogens is 1. The molecule has 0 radical (unpaired) electrons. The molecule has 5 aromatic carbocycles. The van der Waals surface area contributed by atoms with Crippen LogP contribution in [0.25, 0.3) is 27.5 Å².